The number of hydrogen-bond acceptors (Lipinski definition) is 1. The highest BCUT2D eigenvalue weighted by Crippen LogP contribution is 2.21. The summed E-state index contributed by atoms with van der Waals surface area (Å²) in [5.41, 5.74) is 4.18. The third kappa shape index (κ3) is 4.20. The highest BCUT2D eigenvalue weighted by molar-refractivity contribution is 5.98. The van der Waals surface area contributed by atoms with E-state index in [1.165, 1.54) is 16.3 Å². The molecule has 0 aliphatic rings. The molecule has 26 heavy (non-hydrogen) atoms. The van der Waals surface area contributed by atoms with Crippen molar-refractivity contribution in [3.05, 3.63) is 89.0 Å². The van der Waals surface area contributed by atoms with E-state index in [9.17, 15) is 4.79 Å². The smallest absolute Gasteiger partial charge is 0.247 e. The summed E-state index contributed by atoms with van der Waals surface area (Å²) in [5, 5.41) is 5.54. The van der Waals surface area contributed by atoms with Crippen molar-refractivity contribution in [3.63, 3.8) is 0 Å². The van der Waals surface area contributed by atoms with Gasteiger partial charge in [-0.05, 0) is 54.3 Å². The number of aryl methyl sites for hydroxylation is 1. The molecule has 132 valence electrons. The van der Waals surface area contributed by atoms with E-state index < -0.39 is 0 Å². The normalized spacial score (nSPS) is 12.8. The lowest BCUT2D eigenvalue weighted by molar-refractivity contribution is -0.118. The topological polar surface area (TPSA) is 29.1 Å². The standard InChI is InChI=1S/C24H25NO/c1-4-20(15-19-11-9-17(2)10-12-19)24(26)25-18(3)22-14-13-21-7-5-6-8-23(21)16-22/h5-16,18H,4H2,1-3H3,(H,25,26)/b20-15+/t18-/m0/s1. The number of amides is 1. The number of fused-ring (bicyclic) bond motifs is 1. The van der Waals surface area contributed by atoms with E-state index in [1.807, 2.05) is 44.2 Å². The molecule has 0 bridgehead atoms. The molecular weight excluding hydrogens is 318 g/mol. The minimum absolute atomic E-state index is 0.00580. The molecule has 0 aliphatic heterocycles. The first-order valence-corrected chi connectivity index (χ1v) is 9.13. The summed E-state index contributed by atoms with van der Waals surface area (Å²) < 4.78 is 0. The van der Waals surface area contributed by atoms with Crippen molar-refractivity contribution in [1.82, 2.24) is 5.32 Å². The highest BCUT2D eigenvalue weighted by atomic mass is 16.1. The largest absolute Gasteiger partial charge is 0.346 e. The molecule has 0 heterocycles. The predicted octanol–water partition coefficient (Wildman–Crippen LogP) is 5.82. The maximum absolute atomic E-state index is 12.7. The summed E-state index contributed by atoms with van der Waals surface area (Å²) >= 11 is 0. The van der Waals surface area contributed by atoms with E-state index in [1.54, 1.807) is 0 Å². The van der Waals surface area contributed by atoms with Crippen LogP contribution in [0.5, 0.6) is 0 Å². The maximum Gasteiger partial charge on any atom is 0.247 e. The molecule has 0 radical (unpaired) electrons. The molecule has 1 amide bonds. The Balaban J connectivity index is 1.76. The molecule has 0 aliphatic carbocycles. The number of benzene rings is 3. The lowest BCUT2D eigenvalue weighted by Gasteiger charge is -2.16. The van der Waals surface area contributed by atoms with E-state index >= 15 is 0 Å². The van der Waals surface area contributed by atoms with Crippen LogP contribution in [0.4, 0.5) is 0 Å². The van der Waals surface area contributed by atoms with Gasteiger partial charge in [0.05, 0.1) is 6.04 Å². The molecule has 2 heteroatoms. The van der Waals surface area contributed by atoms with Crippen LogP contribution in [0.3, 0.4) is 0 Å². The fourth-order valence-corrected chi connectivity index (χ4v) is 3.04. The van der Waals surface area contributed by atoms with Crippen LogP contribution in [-0.4, -0.2) is 5.91 Å². The number of hydrogen-bond donors (Lipinski definition) is 1. The first-order valence-electron chi connectivity index (χ1n) is 9.13. The molecule has 1 N–H and O–H groups in total. The lowest BCUT2D eigenvalue weighted by atomic mass is 10.0. The average Bonchev–Trinajstić information content (AvgIpc) is 2.67. The molecule has 0 unspecified atom stereocenters. The van der Waals surface area contributed by atoms with Gasteiger partial charge in [-0.2, -0.15) is 0 Å². The van der Waals surface area contributed by atoms with E-state index in [0.29, 0.717) is 6.42 Å². The van der Waals surface area contributed by atoms with Crippen LogP contribution in [0.1, 0.15) is 43.0 Å². The van der Waals surface area contributed by atoms with Crippen LogP contribution in [0.15, 0.2) is 72.3 Å². The molecule has 3 aromatic rings. The quantitative estimate of drug-likeness (QED) is 0.581. The molecule has 3 rings (SSSR count). The Morgan fingerprint density at radius 1 is 1.00 bits per heavy atom. The molecule has 3 aromatic carbocycles. The molecule has 0 aromatic heterocycles. The predicted molar refractivity (Wildman–Crippen MR) is 110 cm³/mol. The second-order valence-electron chi connectivity index (χ2n) is 6.74. The van der Waals surface area contributed by atoms with E-state index in [2.05, 4.69) is 54.7 Å². The maximum atomic E-state index is 12.7. The first-order chi connectivity index (χ1) is 12.6. The van der Waals surface area contributed by atoms with Crippen LogP contribution < -0.4 is 5.32 Å². The van der Waals surface area contributed by atoms with Crippen LogP contribution in [0.2, 0.25) is 0 Å². The molecule has 0 fully saturated rings. The van der Waals surface area contributed by atoms with Crippen molar-refractivity contribution < 1.29 is 4.79 Å². The van der Waals surface area contributed by atoms with Gasteiger partial charge in [-0.3, -0.25) is 4.79 Å². The fourth-order valence-electron chi connectivity index (χ4n) is 3.04. The Kier molecular flexibility index (Phi) is 5.52. The van der Waals surface area contributed by atoms with Gasteiger partial charge in [-0.1, -0.05) is 73.2 Å². The lowest BCUT2D eigenvalue weighted by Crippen LogP contribution is -2.27. The monoisotopic (exact) mass is 343 g/mol. The Morgan fingerprint density at radius 3 is 2.38 bits per heavy atom. The minimum atomic E-state index is -0.0416. The Hall–Kier alpha value is -2.87. The Labute approximate surface area is 155 Å². The molecule has 0 saturated carbocycles. The van der Waals surface area contributed by atoms with Gasteiger partial charge in [-0.25, -0.2) is 0 Å². The van der Waals surface area contributed by atoms with Crippen molar-refractivity contribution in [2.75, 3.05) is 0 Å². The summed E-state index contributed by atoms with van der Waals surface area (Å²) in [6, 6.07) is 22.8. The van der Waals surface area contributed by atoms with E-state index in [4.69, 9.17) is 0 Å². The SMILES string of the molecule is CC/C(=C\c1ccc(C)cc1)C(=O)N[C@@H](C)c1ccc2ccccc2c1. The van der Waals surface area contributed by atoms with Gasteiger partial charge in [0.1, 0.15) is 0 Å². The second kappa shape index (κ2) is 8.01. The number of nitrogens with one attached hydrogen (secondary N) is 1. The van der Waals surface area contributed by atoms with Gasteiger partial charge >= 0.3 is 0 Å². The van der Waals surface area contributed by atoms with Crippen molar-refractivity contribution >= 4 is 22.8 Å². The molecular formula is C24H25NO. The Morgan fingerprint density at radius 2 is 1.69 bits per heavy atom. The number of carbonyl (C=O) groups is 1. The molecule has 0 saturated heterocycles. The molecule has 0 spiro atoms. The zero-order valence-electron chi connectivity index (χ0n) is 15.6. The summed E-state index contributed by atoms with van der Waals surface area (Å²) in [6.07, 6.45) is 2.67. The van der Waals surface area contributed by atoms with Crippen LogP contribution in [0, 0.1) is 6.92 Å². The van der Waals surface area contributed by atoms with Gasteiger partial charge < -0.3 is 5.32 Å². The zero-order valence-corrected chi connectivity index (χ0v) is 15.6. The van der Waals surface area contributed by atoms with Crippen molar-refractivity contribution in [3.8, 4) is 0 Å². The fraction of sp³-hybridized carbons (Fsp3) is 0.208. The van der Waals surface area contributed by atoms with Gasteiger partial charge in [0.2, 0.25) is 5.91 Å². The number of rotatable bonds is 5. The highest BCUT2D eigenvalue weighted by Gasteiger charge is 2.13. The van der Waals surface area contributed by atoms with Gasteiger partial charge in [-0.15, -0.1) is 0 Å². The average molecular weight is 343 g/mol. The summed E-state index contributed by atoms with van der Waals surface area (Å²) in [4.78, 5) is 12.7. The molecule has 2 nitrogen and oxygen atoms in total. The van der Waals surface area contributed by atoms with E-state index in [0.717, 1.165) is 16.7 Å². The summed E-state index contributed by atoms with van der Waals surface area (Å²) in [7, 11) is 0. The van der Waals surface area contributed by atoms with Crippen molar-refractivity contribution in [2.24, 2.45) is 0 Å². The van der Waals surface area contributed by atoms with Crippen molar-refractivity contribution in [1.29, 1.82) is 0 Å². The van der Waals surface area contributed by atoms with Gasteiger partial charge in [0.15, 0.2) is 0 Å². The Bertz CT molecular complexity index is 938. The minimum Gasteiger partial charge on any atom is -0.346 e. The van der Waals surface area contributed by atoms with Crippen molar-refractivity contribution in [2.45, 2.75) is 33.2 Å². The van der Waals surface area contributed by atoms with Gasteiger partial charge in [0.25, 0.3) is 0 Å². The summed E-state index contributed by atoms with van der Waals surface area (Å²) in [6.45, 7) is 6.10. The summed E-state index contributed by atoms with van der Waals surface area (Å²) in [5.74, 6) is -0.00580. The van der Waals surface area contributed by atoms with Crippen LogP contribution in [0.25, 0.3) is 16.8 Å². The molecule has 1 atom stereocenters. The number of carbonyl (C=O) groups excluding carboxylic acids is 1. The zero-order chi connectivity index (χ0) is 18.5. The van der Waals surface area contributed by atoms with Crippen LogP contribution >= 0.6 is 0 Å². The van der Waals surface area contributed by atoms with Crippen LogP contribution in [-0.2, 0) is 4.79 Å². The first kappa shape index (κ1) is 17.9. The van der Waals surface area contributed by atoms with Gasteiger partial charge in [0, 0.05) is 5.57 Å². The van der Waals surface area contributed by atoms with E-state index in [-0.39, 0.29) is 11.9 Å². The third-order valence-electron chi connectivity index (χ3n) is 4.71. The second-order valence-corrected chi connectivity index (χ2v) is 6.74. The third-order valence-corrected chi connectivity index (χ3v) is 4.71.